The Morgan fingerprint density at radius 3 is 2.45 bits per heavy atom. The summed E-state index contributed by atoms with van der Waals surface area (Å²) in [5, 5.41) is 2.49. The Kier molecular flexibility index (Phi) is 7.04. The van der Waals surface area contributed by atoms with Gasteiger partial charge >= 0.3 is 0 Å². The lowest BCUT2D eigenvalue weighted by molar-refractivity contribution is -0.128. The fourth-order valence-corrected chi connectivity index (χ4v) is 5.29. The number of carbonyl (C=O) groups is 2. The lowest BCUT2D eigenvalue weighted by atomic mass is 10.0. The monoisotopic (exact) mass is 460 g/mol. The average Bonchev–Trinajstić information content (AvgIpc) is 2.85. The second kappa shape index (κ2) is 10.1. The van der Waals surface area contributed by atoms with Gasteiger partial charge in [0.2, 0.25) is 11.8 Å². The summed E-state index contributed by atoms with van der Waals surface area (Å²) >= 11 is 1.47. The molecule has 0 saturated heterocycles. The van der Waals surface area contributed by atoms with Crippen LogP contribution >= 0.6 is 11.8 Å². The van der Waals surface area contributed by atoms with Gasteiger partial charge in [-0.15, -0.1) is 11.8 Å². The van der Waals surface area contributed by atoms with Gasteiger partial charge in [0.15, 0.2) is 0 Å². The third kappa shape index (κ3) is 4.91. The van der Waals surface area contributed by atoms with Gasteiger partial charge in [-0.25, -0.2) is 0 Å². The van der Waals surface area contributed by atoms with Crippen LogP contribution in [0.4, 0.5) is 5.69 Å². The minimum absolute atomic E-state index is 0.0399. The Hall–Kier alpha value is -3.25. The number of benzene rings is 3. The van der Waals surface area contributed by atoms with Gasteiger partial charge in [-0.2, -0.15) is 0 Å². The van der Waals surface area contributed by atoms with Crippen LogP contribution in [0.3, 0.4) is 0 Å². The molecule has 4 rings (SSSR count). The van der Waals surface area contributed by atoms with Gasteiger partial charge in [-0.05, 0) is 36.2 Å². The van der Waals surface area contributed by atoms with E-state index in [-0.39, 0.29) is 11.8 Å². The Balaban J connectivity index is 1.54. The normalized spacial score (nSPS) is 16.2. The molecule has 0 radical (unpaired) electrons. The van der Waals surface area contributed by atoms with Crippen molar-refractivity contribution in [2.75, 3.05) is 12.0 Å². The van der Waals surface area contributed by atoms with E-state index in [2.05, 4.69) is 18.3 Å². The standard InChI is InChI=1S/C27H28N2O3S/c1-18-10-4-5-12-21(18)17-29-22-13-7-9-15-24(22)33-25(27(29)31)19(2)26(30)28-16-20-11-6-8-14-23(20)32-3/h4-15,19,25H,16-17H2,1-3H3,(H,28,30)/t19-,25-/m0/s1. The SMILES string of the molecule is COc1ccccc1CNC(=O)[C@@H](C)[C@@H]1Sc2ccccc2N(Cc2ccccc2C)C1=O. The zero-order valence-electron chi connectivity index (χ0n) is 19.1. The van der Waals surface area contributed by atoms with E-state index >= 15 is 0 Å². The van der Waals surface area contributed by atoms with Gasteiger partial charge in [0.1, 0.15) is 11.0 Å². The largest absolute Gasteiger partial charge is 0.496 e. The fraction of sp³-hybridized carbons (Fsp3) is 0.259. The Morgan fingerprint density at radius 1 is 1.03 bits per heavy atom. The summed E-state index contributed by atoms with van der Waals surface area (Å²) in [4.78, 5) is 29.5. The number of hydrogen-bond acceptors (Lipinski definition) is 4. The topological polar surface area (TPSA) is 58.6 Å². The number of hydrogen-bond donors (Lipinski definition) is 1. The van der Waals surface area contributed by atoms with Crippen molar-refractivity contribution < 1.29 is 14.3 Å². The van der Waals surface area contributed by atoms with Crippen molar-refractivity contribution in [3.05, 3.63) is 89.5 Å². The number of amides is 2. The van der Waals surface area contributed by atoms with E-state index < -0.39 is 11.2 Å². The smallest absolute Gasteiger partial charge is 0.241 e. The third-order valence-electron chi connectivity index (χ3n) is 6.02. The van der Waals surface area contributed by atoms with Crippen LogP contribution in [0.15, 0.2) is 77.7 Å². The van der Waals surface area contributed by atoms with E-state index in [4.69, 9.17) is 4.74 Å². The molecule has 0 aromatic heterocycles. The fourth-order valence-electron chi connectivity index (χ4n) is 4.01. The summed E-state index contributed by atoms with van der Waals surface area (Å²) in [6, 6.07) is 23.6. The predicted octanol–water partition coefficient (Wildman–Crippen LogP) is 4.96. The number of ether oxygens (including phenoxy) is 1. The first-order valence-corrected chi connectivity index (χ1v) is 11.9. The summed E-state index contributed by atoms with van der Waals surface area (Å²) in [7, 11) is 1.61. The zero-order chi connectivity index (χ0) is 23.4. The van der Waals surface area contributed by atoms with Gasteiger partial charge in [-0.1, -0.05) is 61.5 Å². The first-order chi connectivity index (χ1) is 16.0. The molecule has 6 heteroatoms. The highest BCUT2D eigenvalue weighted by Crippen LogP contribution is 2.42. The highest BCUT2D eigenvalue weighted by atomic mass is 32.2. The molecule has 0 unspecified atom stereocenters. The number of para-hydroxylation sites is 2. The van der Waals surface area contributed by atoms with E-state index in [1.54, 1.807) is 7.11 Å². The molecule has 0 aliphatic carbocycles. The van der Waals surface area contributed by atoms with Crippen molar-refractivity contribution in [1.29, 1.82) is 0 Å². The molecule has 1 aliphatic heterocycles. The van der Waals surface area contributed by atoms with Crippen molar-refractivity contribution in [3.8, 4) is 5.75 Å². The van der Waals surface area contributed by atoms with Crippen LogP contribution in [0.1, 0.15) is 23.6 Å². The molecule has 33 heavy (non-hydrogen) atoms. The lowest BCUT2D eigenvalue weighted by Gasteiger charge is -2.36. The summed E-state index contributed by atoms with van der Waals surface area (Å²) in [5.41, 5.74) is 4.03. The van der Waals surface area contributed by atoms with Crippen molar-refractivity contribution in [1.82, 2.24) is 5.32 Å². The first kappa shape index (κ1) is 22.9. The van der Waals surface area contributed by atoms with Crippen LogP contribution in [0, 0.1) is 12.8 Å². The number of carbonyl (C=O) groups excluding carboxylic acids is 2. The van der Waals surface area contributed by atoms with E-state index in [1.165, 1.54) is 11.8 Å². The van der Waals surface area contributed by atoms with Crippen LogP contribution in [-0.2, 0) is 22.7 Å². The van der Waals surface area contributed by atoms with E-state index in [0.29, 0.717) is 13.1 Å². The number of methoxy groups -OCH3 is 1. The number of nitrogens with one attached hydrogen (secondary N) is 1. The first-order valence-electron chi connectivity index (χ1n) is 11.0. The van der Waals surface area contributed by atoms with Crippen LogP contribution < -0.4 is 15.0 Å². The Bertz CT molecular complexity index is 1160. The summed E-state index contributed by atoms with van der Waals surface area (Å²) in [6.07, 6.45) is 0. The summed E-state index contributed by atoms with van der Waals surface area (Å²) in [5.74, 6) is 0.0423. The minimum atomic E-state index is -0.499. The average molecular weight is 461 g/mol. The molecule has 3 aromatic rings. The second-order valence-corrected chi connectivity index (χ2v) is 9.36. The van der Waals surface area contributed by atoms with Crippen molar-refractivity contribution in [2.24, 2.45) is 5.92 Å². The number of rotatable bonds is 7. The van der Waals surface area contributed by atoms with Crippen molar-refractivity contribution in [2.45, 2.75) is 37.1 Å². The molecular weight excluding hydrogens is 432 g/mol. The maximum atomic E-state index is 13.6. The van der Waals surface area contributed by atoms with Crippen LogP contribution in [0.25, 0.3) is 0 Å². The van der Waals surface area contributed by atoms with Crippen LogP contribution in [-0.4, -0.2) is 24.2 Å². The van der Waals surface area contributed by atoms with E-state index in [0.717, 1.165) is 33.0 Å². The van der Waals surface area contributed by atoms with Gasteiger partial charge in [0.25, 0.3) is 0 Å². The van der Waals surface area contributed by atoms with Crippen LogP contribution in [0.2, 0.25) is 0 Å². The molecule has 2 atom stereocenters. The Morgan fingerprint density at radius 2 is 1.70 bits per heavy atom. The molecule has 0 saturated carbocycles. The van der Waals surface area contributed by atoms with Crippen molar-refractivity contribution in [3.63, 3.8) is 0 Å². The van der Waals surface area contributed by atoms with E-state index in [1.807, 2.05) is 78.6 Å². The van der Waals surface area contributed by atoms with Gasteiger partial charge in [0, 0.05) is 17.0 Å². The number of anilines is 1. The zero-order valence-corrected chi connectivity index (χ0v) is 19.9. The minimum Gasteiger partial charge on any atom is -0.496 e. The number of nitrogens with zero attached hydrogens (tertiary/aromatic N) is 1. The molecule has 1 N–H and O–H groups in total. The molecule has 3 aromatic carbocycles. The third-order valence-corrected chi connectivity index (χ3v) is 7.49. The predicted molar refractivity (Wildman–Crippen MR) is 132 cm³/mol. The molecule has 170 valence electrons. The van der Waals surface area contributed by atoms with Gasteiger partial charge in [-0.3, -0.25) is 9.59 Å². The molecule has 0 spiro atoms. The summed E-state index contributed by atoms with van der Waals surface area (Å²) in [6.45, 7) is 4.71. The molecule has 0 fully saturated rings. The second-order valence-electron chi connectivity index (χ2n) is 8.18. The highest BCUT2D eigenvalue weighted by molar-refractivity contribution is 8.01. The van der Waals surface area contributed by atoms with Crippen LogP contribution in [0.5, 0.6) is 5.75 Å². The van der Waals surface area contributed by atoms with Gasteiger partial charge < -0.3 is 15.0 Å². The van der Waals surface area contributed by atoms with Gasteiger partial charge in [0.05, 0.1) is 25.3 Å². The molecule has 0 bridgehead atoms. The highest BCUT2D eigenvalue weighted by Gasteiger charge is 2.39. The molecule has 1 heterocycles. The maximum absolute atomic E-state index is 13.6. The molecule has 2 amide bonds. The lowest BCUT2D eigenvalue weighted by Crippen LogP contribution is -2.47. The molecule has 5 nitrogen and oxygen atoms in total. The Labute approximate surface area is 199 Å². The van der Waals surface area contributed by atoms with Crippen molar-refractivity contribution >= 4 is 29.3 Å². The quantitative estimate of drug-likeness (QED) is 0.541. The molecular formula is C27H28N2O3S. The number of thioether (sulfide) groups is 1. The van der Waals surface area contributed by atoms with E-state index in [9.17, 15) is 9.59 Å². The molecule has 1 aliphatic rings. The summed E-state index contributed by atoms with van der Waals surface area (Å²) < 4.78 is 5.37. The maximum Gasteiger partial charge on any atom is 0.241 e. The number of fused-ring (bicyclic) bond motifs is 1. The number of aryl methyl sites for hydroxylation is 1.